The SMILES string of the molecule is Cn1c(C(C)(C)C)c/c(=N\C(=O)c2cc(C(F)(F)F)ccc2OCC(C)(C)OCc2ccccc2)n1CC1CC1. The Morgan fingerprint density at radius 3 is 2.27 bits per heavy atom. The standard InChI is InChI=1S/C31H38F3N3O3/c1-29(2,3)26-17-27(37(36(26)6)18-21-12-13-21)35-28(38)24-16-23(31(32,33)34)14-15-25(24)39-20-30(4,5)40-19-22-10-8-7-9-11-22/h7-11,14-17,21H,12-13,18-20H2,1-6H3/b35-27+. The molecule has 0 atom stereocenters. The van der Waals surface area contributed by atoms with Crippen molar-refractivity contribution in [3.8, 4) is 5.75 Å². The first kappa shape index (κ1) is 29.6. The van der Waals surface area contributed by atoms with Gasteiger partial charge in [-0.05, 0) is 56.4 Å². The smallest absolute Gasteiger partial charge is 0.416 e. The monoisotopic (exact) mass is 557 g/mol. The van der Waals surface area contributed by atoms with Gasteiger partial charge in [-0.1, -0.05) is 51.1 Å². The Bertz CT molecular complexity index is 1410. The molecule has 0 bridgehead atoms. The second kappa shape index (κ2) is 11.3. The first-order chi connectivity index (χ1) is 18.6. The Morgan fingerprint density at radius 1 is 1.00 bits per heavy atom. The third kappa shape index (κ3) is 7.44. The number of carbonyl (C=O) groups is 1. The number of ether oxygens (including phenoxy) is 2. The maximum atomic E-state index is 13.6. The van der Waals surface area contributed by atoms with Crippen molar-refractivity contribution in [2.24, 2.45) is 18.0 Å². The minimum Gasteiger partial charge on any atom is -0.490 e. The van der Waals surface area contributed by atoms with Gasteiger partial charge in [0.05, 0.1) is 23.3 Å². The maximum absolute atomic E-state index is 13.6. The molecule has 1 fully saturated rings. The van der Waals surface area contributed by atoms with E-state index in [2.05, 4.69) is 25.8 Å². The van der Waals surface area contributed by atoms with Gasteiger partial charge in [0.1, 0.15) is 12.4 Å². The van der Waals surface area contributed by atoms with Crippen molar-refractivity contribution in [1.29, 1.82) is 0 Å². The molecule has 216 valence electrons. The largest absolute Gasteiger partial charge is 0.490 e. The van der Waals surface area contributed by atoms with Gasteiger partial charge in [0.15, 0.2) is 5.49 Å². The second-order valence-corrected chi connectivity index (χ2v) is 12.1. The average molecular weight is 558 g/mol. The Hall–Kier alpha value is -3.33. The van der Waals surface area contributed by atoms with Gasteiger partial charge in [0.2, 0.25) is 0 Å². The predicted molar refractivity (Wildman–Crippen MR) is 147 cm³/mol. The molecule has 0 N–H and O–H groups in total. The summed E-state index contributed by atoms with van der Waals surface area (Å²) in [4.78, 5) is 17.8. The van der Waals surface area contributed by atoms with Crippen molar-refractivity contribution in [3.05, 3.63) is 82.5 Å². The molecule has 1 aliphatic carbocycles. The van der Waals surface area contributed by atoms with E-state index in [1.54, 1.807) is 0 Å². The molecule has 6 nitrogen and oxygen atoms in total. The summed E-state index contributed by atoms with van der Waals surface area (Å²) in [5, 5.41) is 0. The Kier molecular flexibility index (Phi) is 8.36. The quantitative estimate of drug-likeness (QED) is 0.295. The molecule has 1 heterocycles. The van der Waals surface area contributed by atoms with Crippen LogP contribution in [0.5, 0.6) is 5.75 Å². The lowest BCUT2D eigenvalue weighted by molar-refractivity contribution is -0.137. The third-order valence-electron chi connectivity index (χ3n) is 6.94. The van der Waals surface area contributed by atoms with E-state index in [0.717, 1.165) is 36.2 Å². The highest BCUT2D eigenvalue weighted by Crippen LogP contribution is 2.34. The third-order valence-corrected chi connectivity index (χ3v) is 6.94. The fourth-order valence-corrected chi connectivity index (χ4v) is 4.44. The minimum atomic E-state index is -4.62. The van der Waals surface area contributed by atoms with E-state index < -0.39 is 23.2 Å². The molecule has 1 amide bonds. The molecule has 9 heteroatoms. The van der Waals surface area contributed by atoms with Crippen molar-refractivity contribution in [2.45, 2.75) is 77.8 Å². The molecule has 0 spiro atoms. The van der Waals surface area contributed by atoms with Crippen LogP contribution in [0.3, 0.4) is 0 Å². The minimum absolute atomic E-state index is 0.0205. The molecule has 1 aromatic heterocycles. The zero-order valence-corrected chi connectivity index (χ0v) is 24.0. The maximum Gasteiger partial charge on any atom is 0.416 e. The lowest BCUT2D eigenvalue weighted by Crippen LogP contribution is -2.32. The number of amides is 1. The van der Waals surface area contributed by atoms with Crippen molar-refractivity contribution >= 4 is 5.91 Å². The van der Waals surface area contributed by atoms with Gasteiger partial charge in [0, 0.05) is 30.8 Å². The molecular weight excluding hydrogens is 519 g/mol. The van der Waals surface area contributed by atoms with E-state index >= 15 is 0 Å². The Labute approximate surface area is 233 Å². The van der Waals surface area contributed by atoms with Gasteiger partial charge in [-0.15, -0.1) is 0 Å². The summed E-state index contributed by atoms with van der Waals surface area (Å²) in [7, 11) is 1.92. The van der Waals surface area contributed by atoms with Gasteiger partial charge in [0.25, 0.3) is 5.91 Å². The molecule has 4 rings (SSSR count). The highest BCUT2D eigenvalue weighted by atomic mass is 19.4. The Balaban J connectivity index is 1.65. The molecule has 0 aliphatic heterocycles. The summed E-state index contributed by atoms with van der Waals surface area (Å²) in [5.74, 6) is -0.264. The van der Waals surface area contributed by atoms with Gasteiger partial charge in [-0.25, -0.2) is 0 Å². The van der Waals surface area contributed by atoms with Crippen LogP contribution in [0.25, 0.3) is 0 Å². The van der Waals surface area contributed by atoms with Crippen LogP contribution in [0.1, 0.15) is 74.6 Å². The molecule has 0 radical (unpaired) electrons. The van der Waals surface area contributed by atoms with Gasteiger partial charge < -0.3 is 9.47 Å². The molecule has 0 saturated heterocycles. The van der Waals surface area contributed by atoms with E-state index in [-0.39, 0.29) is 23.3 Å². The molecular formula is C31H38F3N3O3. The zero-order chi connectivity index (χ0) is 29.3. The highest BCUT2D eigenvalue weighted by Gasteiger charge is 2.33. The predicted octanol–water partition coefficient (Wildman–Crippen LogP) is 6.67. The summed E-state index contributed by atoms with van der Waals surface area (Å²) in [6, 6.07) is 14.4. The lowest BCUT2D eigenvalue weighted by Gasteiger charge is -2.26. The molecule has 1 saturated carbocycles. The van der Waals surface area contributed by atoms with Crippen LogP contribution in [0, 0.1) is 5.92 Å². The van der Waals surface area contributed by atoms with Crippen molar-refractivity contribution in [3.63, 3.8) is 0 Å². The van der Waals surface area contributed by atoms with Crippen LogP contribution in [0.15, 0.2) is 59.6 Å². The number of hydrogen-bond acceptors (Lipinski definition) is 3. The van der Waals surface area contributed by atoms with E-state index in [1.807, 2.05) is 66.7 Å². The zero-order valence-electron chi connectivity index (χ0n) is 24.0. The summed E-state index contributed by atoms with van der Waals surface area (Å²) >= 11 is 0. The summed E-state index contributed by atoms with van der Waals surface area (Å²) in [5.41, 5.74) is 0.199. The van der Waals surface area contributed by atoms with Crippen molar-refractivity contribution in [1.82, 2.24) is 9.36 Å². The number of rotatable bonds is 9. The summed E-state index contributed by atoms with van der Waals surface area (Å²) in [6.45, 7) is 10.9. The highest BCUT2D eigenvalue weighted by molar-refractivity contribution is 5.97. The second-order valence-electron chi connectivity index (χ2n) is 12.1. The van der Waals surface area contributed by atoms with Crippen LogP contribution >= 0.6 is 0 Å². The van der Waals surface area contributed by atoms with Crippen LogP contribution < -0.4 is 10.2 Å². The normalized spacial score (nSPS) is 15.0. The number of carbonyl (C=O) groups excluding carboxylic acids is 1. The molecule has 2 aromatic carbocycles. The van der Waals surface area contributed by atoms with E-state index in [9.17, 15) is 18.0 Å². The fourth-order valence-electron chi connectivity index (χ4n) is 4.44. The fraction of sp³-hybridized carbons (Fsp3) is 0.484. The first-order valence-corrected chi connectivity index (χ1v) is 13.5. The van der Waals surface area contributed by atoms with Crippen LogP contribution in [-0.4, -0.2) is 27.5 Å². The van der Waals surface area contributed by atoms with E-state index in [0.29, 0.717) is 24.6 Å². The van der Waals surface area contributed by atoms with Gasteiger partial charge in [-0.2, -0.15) is 18.2 Å². The molecule has 40 heavy (non-hydrogen) atoms. The summed E-state index contributed by atoms with van der Waals surface area (Å²) < 4.78 is 56.7. The number of hydrogen-bond donors (Lipinski definition) is 0. The summed E-state index contributed by atoms with van der Waals surface area (Å²) in [6.07, 6.45) is -2.42. The number of halogens is 3. The molecule has 3 aromatic rings. The van der Waals surface area contributed by atoms with Crippen molar-refractivity contribution in [2.75, 3.05) is 6.61 Å². The number of aromatic nitrogens is 2. The van der Waals surface area contributed by atoms with Gasteiger partial charge >= 0.3 is 6.18 Å². The first-order valence-electron chi connectivity index (χ1n) is 13.5. The Morgan fingerprint density at radius 2 is 1.68 bits per heavy atom. The van der Waals surface area contributed by atoms with Crippen LogP contribution in [0.2, 0.25) is 0 Å². The topological polar surface area (TPSA) is 57.8 Å². The van der Waals surface area contributed by atoms with Crippen LogP contribution in [0.4, 0.5) is 13.2 Å². The number of benzene rings is 2. The molecule has 0 unspecified atom stereocenters. The molecule has 1 aliphatic rings. The lowest BCUT2D eigenvalue weighted by atomic mass is 9.92. The van der Waals surface area contributed by atoms with E-state index in [4.69, 9.17) is 9.47 Å². The van der Waals surface area contributed by atoms with Crippen molar-refractivity contribution < 1.29 is 27.4 Å². The number of nitrogens with zero attached hydrogens (tertiary/aromatic N) is 3. The van der Waals surface area contributed by atoms with Gasteiger partial charge in [-0.3, -0.25) is 14.2 Å². The number of alkyl halides is 3. The average Bonchev–Trinajstić information content (AvgIpc) is 3.65. The van der Waals surface area contributed by atoms with E-state index in [1.165, 1.54) is 6.07 Å². The van der Waals surface area contributed by atoms with Crippen LogP contribution in [-0.2, 0) is 36.5 Å².